The summed E-state index contributed by atoms with van der Waals surface area (Å²) in [6.45, 7) is 5.82. The largest absolute Gasteiger partial charge is 0.355 e. The van der Waals surface area contributed by atoms with Crippen molar-refractivity contribution < 1.29 is 9.32 Å². The van der Waals surface area contributed by atoms with Gasteiger partial charge in [-0.3, -0.25) is 4.79 Å². The molecule has 0 aliphatic heterocycles. The van der Waals surface area contributed by atoms with Crippen molar-refractivity contribution in [2.45, 2.75) is 20.8 Å². The fourth-order valence-corrected chi connectivity index (χ4v) is 3.88. The molecule has 2 aromatic heterocycles. The summed E-state index contributed by atoms with van der Waals surface area (Å²) in [7, 11) is 0. The Kier molecular flexibility index (Phi) is 4.78. The average molecular weight is 423 g/mol. The second-order valence-electron chi connectivity index (χ2n) is 7.84. The molecule has 1 amide bonds. The molecule has 0 bridgehead atoms. The zero-order valence-corrected chi connectivity index (χ0v) is 18.0. The van der Waals surface area contributed by atoms with Gasteiger partial charge in [0.05, 0.1) is 16.8 Å². The third-order valence-corrected chi connectivity index (χ3v) is 5.33. The summed E-state index contributed by atoms with van der Waals surface area (Å²) in [5, 5.41) is 16.3. The number of benzene rings is 3. The summed E-state index contributed by atoms with van der Waals surface area (Å²) in [6, 6.07) is 21.4. The maximum Gasteiger partial charge on any atom is 0.278 e. The molecule has 2 heterocycles. The van der Waals surface area contributed by atoms with Crippen LogP contribution in [0.5, 0.6) is 0 Å². The van der Waals surface area contributed by atoms with E-state index in [1.165, 1.54) is 0 Å². The molecular formula is C25H21N5O2. The van der Waals surface area contributed by atoms with Gasteiger partial charge < -0.3 is 9.84 Å². The van der Waals surface area contributed by atoms with Crippen molar-refractivity contribution >= 4 is 22.5 Å². The van der Waals surface area contributed by atoms with E-state index in [4.69, 9.17) is 4.52 Å². The van der Waals surface area contributed by atoms with E-state index in [1.54, 1.807) is 4.68 Å². The number of carbonyl (C=O) groups is 1. The highest BCUT2D eigenvalue weighted by molar-refractivity contribution is 6.03. The van der Waals surface area contributed by atoms with Gasteiger partial charge in [-0.15, -0.1) is 5.10 Å². The fraction of sp³-hybridized carbons (Fsp3) is 0.120. The first-order chi connectivity index (χ1) is 15.5. The second kappa shape index (κ2) is 7.77. The van der Waals surface area contributed by atoms with E-state index in [-0.39, 0.29) is 11.6 Å². The molecule has 0 aliphatic carbocycles. The predicted octanol–water partition coefficient (Wildman–Crippen LogP) is 5.25. The van der Waals surface area contributed by atoms with Crippen LogP contribution in [0.4, 0.5) is 5.69 Å². The Hall–Kier alpha value is -4.26. The molecule has 0 radical (unpaired) electrons. The van der Waals surface area contributed by atoms with E-state index in [9.17, 15) is 4.79 Å². The number of aryl methyl sites for hydroxylation is 2. The van der Waals surface area contributed by atoms with E-state index in [0.717, 1.165) is 39.0 Å². The Labute approximate surface area is 184 Å². The zero-order chi connectivity index (χ0) is 22.2. The van der Waals surface area contributed by atoms with E-state index < -0.39 is 0 Å². The van der Waals surface area contributed by atoms with Gasteiger partial charge in [0.15, 0.2) is 11.5 Å². The first-order valence-corrected chi connectivity index (χ1v) is 10.3. The summed E-state index contributed by atoms with van der Waals surface area (Å²) in [5.74, 6) is 0.391. The number of rotatable bonds is 4. The first-order valence-electron chi connectivity index (χ1n) is 10.3. The van der Waals surface area contributed by atoms with Gasteiger partial charge in [0.1, 0.15) is 5.52 Å². The van der Waals surface area contributed by atoms with Gasteiger partial charge in [-0.05, 0) is 62.2 Å². The van der Waals surface area contributed by atoms with Crippen LogP contribution in [-0.2, 0) is 0 Å². The molecule has 0 aliphatic rings. The van der Waals surface area contributed by atoms with Crippen LogP contribution in [-0.4, -0.2) is 26.1 Å². The van der Waals surface area contributed by atoms with Crippen LogP contribution in [0, 0.1) is 20.8 Å². The van der Waals surface area contributed by atoms with Gasteiger partial charge >= 0.3 is 0 Å². The number of anilines is 1. The first kappa shape index (κ1) is 19.7. The number of amides is 1. The van der Waals surface area contributed by atoms with Crippen LogP contribution in [0.3, 0.4) is 0 Å². The normalized spacial score (nSPS) is 11.1. The maximum atomic E-state index is 12.9. The van der Waals surface area contributed by atoms with Gasteiger partial charge in [0.25, 0.3) is 5.91 Å². The highest BCUT2D eigenvalue weighted by Crippen LogP contribution is 2.30. The van der Waals surface area contributed by atoms with Crippen LogP contribution >= 0.6 is 0 Å². The molecule has 7 nitrogen and oxygen atoms in total. The van der Waals surface area contributed by atoms with Crippen molar-refractivity contribution in [3.8, 4) is 17.0 Å². The van der Waals surface area contributed by atoms with E-state index >= 15 is 0 Å². The van der Waals surface area contributed by atoms with Crippen LogP contribution < -0.4 is 5.32 Å². The highest BCUT2D eigenvalue weighted by Gasteiger charge is 2.19. The molecule has 158 valence electrons. The molecule has 0 saturated carbocycles. The number of aromatic nitrogens is 4. The summed E-state index contributed by atoms with van der Waals surface area (Å²) in [4.78, 5) is 12.9. The Morgan fingerprint density at radius 3 is 2.44 bits per heavy atom. The molecule has 32 heavy (non-hydrogen) atoms. The van der Waals surface area contributed by atoms with Crippen molar-refractivity contribution in [2.24, 2.45) is 0 Å². The fourth-order valence-electron chi connectivity index (χ4n) is 3.88. The van der Waals surface area contributed by atoms with Crippen molar-refractivity contribution in [3.05, 3.63) is 89.2 Å². The monoisotopic (exact) mass is 423 g/mol. The van der Waals surface area contributed by atoms with Crippen molar-refractivity contribution in [1.29, 1.82) is 0 Å². The number of hydrogen-bond donors (Lipinski definition) is 1. The maximum absolute atomic E-state index is 12.9. The Bertz CT molecular complexity index is 1430. The predicted molar refractivity (Wildman–Crippen MR) is 123 cm³/mol. The molecule has 1 N–H and O–H groups in total. The molecule has 0 saturated heterocycles. The average Bonchev–Trinajstić information content (AvgIpc) is 3.36. The van der Waals surface area contributed by atoms with Crippen molar-refractivity contribution in [2.75, 3.05) is 5.32 Å². The Morgan fingerprint density at radius 2 is 1.69 bits per heavy atom. The summed E-state index contributed by atoms with van der Waals surface area (Å²) in [5.41, 5.74) is 6.28. The zero-order valence-electron chi connectivity index (χ0n) is 18.0. The molecule has 0 unspecified atom stereocenters. The third-order valence-electron chi connectivity index (χ3n) is 5.33. The molecule has 5 rings (SSSR count). The number of hydrogen-bond acceptors (Lipinski definition) is 5. The van der Waals surface area contributed by atoms with Crippen LogP contribution in [0.15, 0.2) is 71.3 Å². The van der Waals surface area contributed by atoms with E-state index in [1.807, 2.05) is 81.4 Å². The summed E-state index contributed by atoms with van der Waals surface area (Å²) in [6.07, 6.45) is 0. The van der Waals surface area contributed by atoms with Gasteiger partial charge in [-0.1, -0.05) is 46.8 Å². The van der Waals surface area contributed by atoms with Crippen LogP contribution in [0.1, 0.15) is 27.3 Å². The standard InChI is InChI=1S/C25H21N5O2/c1-15-11-16(2)13-19(12-15)26-25(31)23-17(3)30(29-27-23)20-9-10-22-21(14-20)24(32-28-22)18-7-5-4-6-8-18/h4-14H,1-3H3,(H,26,31). The summed E-state index contributed by atoms with van der Waals surface area (Å²) < 4.78 is 7.24. The quantitative estimate of drug-likeness (QED) is 0.426. The minimum absolute atomic E-state index is 0.276. The van der Waals surface area contributed by atoms with Crippen molar-refractivity contribution in [3.63, 3.8) is 0 Å². The van der Waals surface area contributed by atoms with Gasteiger partial charge in [-0.25, -0.2) is 4.68 Å². The lowest BCUT2D eigenvalue weighted by atomic mass is 10.1. The summed E-state index contributed by atoms with van der Waals surface area (Å²) >= 11 is 0. The third kappa shape index (κ3) is 3.54. The van der Waals surface area contributed by atoms with Gasteiger partial charge in [0.2, 0.25) is 0 Å². The minimum Gasteiger partial charge on any atom is -0.355 e. The van der Waals surface area contributed by atoms with E-state index in [0.29, 0.717) is 11.5 Å². The molecule has 3 aromatic carbocycles. The number of carbonyl (C=O) groups excluding carboxylic acids is 1. The topological polar surface area (TPSA) is 85.8 Å². The Balaban J connectivity index is 1.49. The lowest BCUT2D eigenvalue weighted by Crippen LogP contribution is -2.14. The molecule has 0 atom stereocenters. The van der Waals surface area contributed by atoms with E-state index in [2.05, 4.69) is 26.9 Å². The number of nitrogens with zero attached hydrogens (tertiary/aromatic N) is 4. The highest BCUT2D eigenvalue weighted by atomic mass is 16.5. The molecule has 0 fully saturated rings. The molecular weight excluding hydrogens is 402 g/mol. The van der Waals surface area contributed by atoms with Crippen molar-refractivity contribution in [1.82, 2.24) is 20.2 Å². The van der Waals surface area contributed by atoms with Crippen LogP contribution in [0.2, 0.25) is 0 Å². The second-order valence-corrected chi connectivity index (χ2v) is 7.84. The number of fused-ring (bicyclic) bond motifs is 1. The Morgan fingerprint density at radius 1 is 0.938 bits per heavy atom. The smallest absolute Gasteiger partial charge is 0.278 e. The van der Waals surface area contributed by atoms with Crippen LogP contribution in [0.25, 0.3) is 27.9 Å². The SMILES string of the molecule is Cc1cc(C)cc(NC(=O)c2nnn(-c3ccc4noc(-c5ccccc5)c4c3)c2C)c1. The number of nitrogens with one attached hydrogen (secondary N) is 1. The lowest BCUT2D eigenvalue weighted by Gasteiger charge is -2.07. The molecule has 5 aromatic rings. The lowest BCUT2D eigenvalue weighted by molar-refractivity contribution is 0.102. The van der Waals surface area contributed by atoms with Gasteiger partial charge in [0, 0.05) is 11.3 Å². The molecule has 0 spiro atoms. The van der Waals surface area contributed by atoms with Gasteiger partial charge in [-0.2, -0.15) is 0 Å². The minimum atomic E-state index is -0.296. The molecule has 7 heteroatoms.